The van der Waals surface area contributed by atoms with Crippen LogP contribution in [0.25, 0.3) is 0 Å². The van der Waals surface area contributed by atoms with Gasteiger partial charge in [0, 0.05) is 25.6 Å². The molecule has 0 aromatic heterocycles. The molecule has 0 unspecified atom stereocenters. The highest BCUT2D eigenvalue weighted by Crippen LogP contribution is 2.30. The van der Waals surface area contributed by atoms with Gasteiger partial charge in [-0.25, -0.2) is 0 Å². The summed E-state index contributed by atoms with van der Waals surface area (Å²) in [6.45, 7) is 4.26. The minimum Gasteiger partial charge on any atom is -0.341 e. The second-order valence-electron chi connectivity index (χ2n) is 3.39. The molecule has 1 rings (SSSR count). The molecule has 0 aliphatic heterocycles. The van der Waals surface area contributed by atoms with Gasteiger partial charge in [-0.05, 0) is 19.3 Å². The number of carbonyl (C=O) groups excluding carboxylic acids is 1. The molecule has 1 amide bonds. The molecular weight excluding hydrogens is 152 g/mol. The molecule has 0 atom stereocenters. The number of hydrogen-bond acceptors (Lipinski definition) is 2. The van der Waals surface area contributed by atoms with Crippen molar-refractivity contribution in [2.24, 2.45) is 11.7 Å². The first kappa shape index (κ1) is 9.52. The Morgan fingerprint density at radius 3 is 2.58 bits per heavy atom. The van der Waals surface area contributed by atoms with E-state index < -0.39 is 0 Å². The van der Waals surface area contributed by atoms with Crippen molar-refractivity contribution in [1.29, 1.82) is 0 Å². The average molecular weight is 170 g/mol. The van der Waals surface area contributed by atoms with Crippen molar-refractivity contribution in [1.82, 2.24) is 4.90 Å². The lowest BCUT2D eigenvalue weighted by Crippen LogP contribution is -2.36. The van der Waals surface area contributed by atoms with Crippen LogP contribution in [0.2, 0.25) is 0 Å². The third kappa shape index (κ3) is 2.48. The van der Waals surface area contributed by atoms with E-state index in [9.17, 15) is 4.79 Å². The van der Waals surface area contributed by atoms with Crippen LogP contribution in [0.4, 0.5) is 0 Å². The SMILES string of the molecule is CCCN(CCN)C(=O)C1CC1. The van der Waals surface area contributed by atoms with E-state index in [0.717, 1.165) is 32.4 Å². The normalized spacial score (nSPS) is 16.2. The summed E-state index contributed by atoms with van der Waals surface area (Å²) in [5.41, 5.74) is 5.42. The van der Waals surface area contributed by atoms with Gasteiger partial charge in [-0.1, -0.05) is 6.92 Å². The molecule has 2 N–H and O–H groups in total. The van der Waals surface area contributed by atoms with Crippen LogP contribution in [-0.4, -0.2) is 30.4 Å². The molecule has 0 spiro atoms. The summed E-state index contributed by atoms with van der Waals surface area (Å²) in [5.74, 6) is 0.658. The number of rotatable bonds is 5. The molecule has 1 fully saturated rings. The van der Waals surface area contributed by atoms with Crippen LogP contribution in [0.5, 0.6) is 0 Å². The first-order chi connectivity index (χ1) is 5.79. The molecule has 1 aliphatic carbocycles. The predicted molar refractivity (Wildman–Crippen MR) is 48.6 cm³/mol. The lowest BCUT2D eigenvalue weighted by molar-refractivity contribution is -0.132. The van der Waals surface area contributed by atoms with Gasteiger partial charge in [0.1, 0.15) is 0 Å². The molecule has 12 heavy (non-hydrogen) atoms. The molecule has 3 nitrogen and oxygen atoms in total. The second kappa shape index (κ2) is 4.45. The van der Waals surface area contributed by atoms with Crippen LogP contribution in [0.3, 0.4) is 0 Å². The van der Waals surface area contributed by atoms with Crippen LogP contribution >= 0.6 is 0 Å². The van der Waals surface area contributed by atoms with Gasteiger partial charge in [0.2, 0.25) is 5.91 Å². The van der Waals surface area contributed by atoms with Crippen molar-refractivity contribution in [3.8, 4) is 0 Å². The van der Waals surface area contributed by atoms with Crippen LogP contribution < -0.4 is 5.73 Å². The quantitative estimate of drug-likeness (QED) is 0.656. The predicted octanol–water partition coefficient (Wildman–Crippen LogP) is 0.594. The fourth-order valence-corrected chi connectivity index (χ4v) is 1.35. The minimum absolute atomic E-state index is 0.322. The largest absolute Gasteiger partial charge is 0.341 e. The maximum absolute atomic E-state index is 11.6. The standard InChI is InChI=1S/C9H18N2O/c1-2-6-11(7-5-10)9(12)8-3-4-8/h8H,2-7,10H2,1H3. The molecule has 0 aromatic rings. The minimum atomic E-state index is 0.322. The van der Waals surface area contributed by atoms with Crippen molar-refractivity contribution in [3.05, 3.63) is 0 Å². The zero-order valence-corrected chi connectivity index (χ0v) is 7.75. The second-order valence-corrected chi connectivity index (χ2v) is 3.39. The van der Waals surface area contributed by atoms with Gasteiger partial charge in [-0.2, -0.15) is 0 Å². The van der Waals surface area contributed by atoms with Gasteiger partial charge >= 0.3 is 0 Å². The summed E-state index contributed by atoms with van der Waals surface area (Å²) in [6, 6.07) is 0. The number of hydrogen-bond donors (Lipinski definition) is 1. The molecule has 1 aliphatic rings. The van der Waals surface area contributed by atoms with Crippen LogP contribution in [0.15, 0.2) is 0 Å². The van der Waals surface area contributed by atoms with E-state index in [-0.39, 0.29) is 0 Å². The summed E-state index contributed by atoms with van der Waals surface area (Å²) in [4.78, 5) is 13.5. The highest BCUT2D eigenvalue weighted by Gasteiger charge is 2.32. The van der Waals surface area contributed by atoms with E-state index in [2.05, 4.69) is 6.92 Å². The average Bonchev–Trinajstić information content (AvgIpc) is 2.85. The lowest BCUT2D eigenvalue weighted by atomic mass is 10.3. The molecule has 0 bridgehead atoms. The monoisotopic (exact) mass is 170 g/mol. The Kier molecular flexibility index (Phi) is 3.53. The van der Waals surface area contributed by atoms with Gasteiger partial charge < -0.3 is 10.6 Å². The Morgan fingerprint density at radius 2 is 2.17 bits per heavy atom. The number of nitrogens with zero attached hydrogens (tertiary/aromatic N) is 1. The van der Waals surface area contributed by atoms with Crippen molar-refractivity contribution in [3.63, 3.8) is 0 Å². The summed E-state index contributed by atoms with van der Waals surface area (Å²) in [5, 5.41) is 0. The van der Waals surface area contributed by atoms with Gasteiger partial charge in [-0.15, -0.1) is 0 Å². The Hall–Kier alpha value is -0.570. The van der Waals surface area contributed by atoms with E-state index in [1.807, 2.05) is 4.90 Å². The molecule has 3 heteroatoms. The first-order valence-corrected chi connectivity index (χ1v) is 4.78. The Morgan fingerprint density at radius 1 is 1.50 bits per heavy atom. The summed E-state index contributed by atoms with van der Waals surface area (Å²) in [7, 11) is 0. The third-order valence-corrected chi connectivity index (χ3v) is 2.13. The Bertz CT molecular complexity index is 149. The first-order valence-electron chi connectivity index (χ1n) is 4.78. The maximum Gasteiger partial charge on any atom is 0.225 e. The van der Waals surface area contributed by atoms with E-state index in [0.29, 0.717) is 18.4 Å². The van der Waals surface area contributed by atoms with Gasteiger partial charge in [0.25, 0.3) is 0 Å². The van der Waals surface area contributed by atoms with E-state index in [1.54, 1.807) is 0 Å². The number of nitrogens with two attached hydrogens (primary N) is 1. The third-order valence-electron chi connectivity index (χ3n) is 2.13. The smallest absolute Gasteiger partial charge is 0.225 e. The highest BCUT2D eigenvalue weighted by molar-refractivity contribution is 5.81. The van der Waals surface area contributed by atoms with Gasteiger partial charge in [-0.3, -0.25) is 4.79 Å². The van der Waals surface area contributed by atoms with E-state index >= 15 is 0 Å². The van der Waals surface area contributed by atoms with E-state index in [4.69, 9.17) is 5.73 Å². The maximum atomic E-state index is 11.6. The highest BCUT2D eigenvalue weighted by atomic mass is 16.2. The molecule has 0 heterocycles. The lowest BCUT2D eigenvalue weighted by Gasteiger charge is -2.20. The summed E-state index contributed by atoms with van der Waals surface area (Å²) in [6.07, 6.45) is 3.20. The Balaban J connectivity index is 2.33. The zero-order valence-electron chi connectivity index (χ0n) is 7.75. The van der Waals surface area contributed by atoms with E-state index in [1.165, 1.54) is 0 Å². The van der Waals surface area contributed by atoms with Gasteiger partial charge in [0.15, 0.2) is 0 Å². The summed E-state index contributed by atoms with van der Waals surface area (Å²) >= 11 is 0. The fourth-order valence-electron chi connectivity index (χ4n) is 1.35. The molecule has 1 saturated carbocycles. The van der Waals surface area contributed by atoms with Crippen LogP contribution in [0, 0.1) is 5.92 Å². The van der Waals surface area contributed by atoms with Gasteiger partial charge in [0.05, 0.1) is 0 Å². The summed E-state index contributed by atoms with van der Waals surface area (Å²) < 4.78 is 0. The molecule has 70 valence electrons. The van der Waals surface area contributed by atoms with Crippen molar-refractivity contribution < 1.29 is 4.79 Å². The van der Waals surface area contributed by atoms with Crippen molar-refractivity contribution >= 4 is 5.91 Å². The molecular formula is C9H18N2O. The zero-order chi connectivity index (χ0) is 8.97. The Labute approximate surface area is 73.9 Å². The fraction of sp³-hybridized carbons (Fsp3) is 0.889. The number of amides is 1. The topological polar surface area (TPSA) is 46.3 Å². The van der Waals surface area contributed by atoms with Crippen LogP contribution in [-0.2, 0) is 4.79 Å². The molecule has 0 radical (unpaired) electrons. The number of carbonyl (C=O) groups is 1. The van der Waals surface area contributed by atoms with Crippen LogP contribution in [0.1, 0.15) is 26.2 Å². The molecule has 0 saturated heterocycles. The molecule has 0 aromatic carbocycles. The van der Waals surface area contributed by atoms with Crippen molar-refractivity contribution in [2.75, 3.05) is 19.6 Å². The van der Waals surface area contributed by atoms with Crippen molar-refractivity contribution in [2.45, 2.75) is 26.2 Å².